The zero-order chi connectivity index (χ0) is 37.6. The summed E-state index contributed by atoms with van der Waals surface area (Å²) in [6.45, 7) is -0.922. The second-order valence-corrected chi connectivity index (χ2v) is 14.1. The van der Waals surface area contributed by atoms with Gasteiger partial charge in [-0.15, -0.1) is 0 Å². The molecule has 4 N–H and O–H groups in total. The monoisotopic (exact) mass is 739 g/mol. The second kappa shape index (κ2) is 18.9. The molecule has 0 radical (unpaired) electrons. The van der Waals surface area contributed by atoms with E-state index in [4.69, 9.17) is 4.74 Å². The summed E-state index contributed by atoms with van der Waals surface area (Å²) in [5.74, 6) is -1.70. The molecular weight excluding hydrogens is 698 g/mol. The highest BCUT2D eigenvalue weighted by Gasteiger charge is 2.33. The van der Waals surface area contributed by atoms with Crippen molar-refractivity contribution in [2.75, 3.05) is 25.0 Å². The summed E-state index contributed by atoms with van der Waals surface area (Å²) in [5, 5.41) is 22.1. The molecule has 2 atom stereocenters. The van der Waals surface area contributed by atoms with Crippen molar-refractivity contribution in [1.82, 2.24) is 9.62 Å². The molecule has 0 heterocycles. The van der Waals surface area contributed by atoms with Gasteiger partial charge in [0.1, 0.15) is 11.9 Å². The molecule has 5 aromatic carbocycles. The molecule has 2 amide bonds. The van der Waals surface area contributed by atoms with Gasteiger partial charge in [-0.05, 0) is 53.8 Å². The van der Waals surface area contributed by atoms with Crippen LogP contribution in [0.4, 0.5) is 14.9 Å². The average molecular weight is 740 g/mol. The number of aliphatic hydroxyl groups is 1. The minimum absolute atomic E-state index is 0.0270. The van der Waals surface area contributed by atoms with Gasteiger partial charge >= 0.3 is 6.09 Å². The van der Waals surface area contributed by atoms with Crippen LogP contribution in [0.5, 0.6) is 0 Å². The zero-order valence-corrected chi connectivity index (χ0v) is 29.7. The number of carbonyl (C=O) groups is 2. The van der Waals surface area contributed by atoms with Gasteiger partial charge in [0.15, 0.2) is 0 Å². The fourth-order valence-electron chi connectivity index (χ4n) is 6.12. The number of aliphatic hydroxyl groups excluding tert-OH is 1. The Kier molecular flexibility index (Phi) is 13.8. The van der Waals surface area contributed by atoms with E-state index in [1.54, 1.807) is 24.3 Å². The number of sulfonamides is 1. The molecule has 0 aliphatic carbocycles. The van der Waals surface area contributed by atoms with Crippen molar-refractivity contribution >= 4 is 27.7 Å². The lowest BCUT2D eigenvalue weighted by Crippen LogP contribution is -2.46. The molecule has 0 aromatic heterocycles. The minimum Gasteiger partial charge on any atom is -0.465 e. The lowest BCUT2D eigenvalue weighted by Gasteiger charge is -2.28. The highest BCUT2D eigenvalue weighted by Crippen LogP contribution is 2.32. The summed E-state index contributed by atoms with van der Waals surface area (Å²) < 4.78 is 51.3. The third-order valence-electron chi connectivity index (χ3n) is 8.73. The van der Waals surface area contributed by atoms with Crippen molar-refractivity contribution in [2.45, 2.75) is 42.4 Å². The van der Waals surface area contributed by atoms with E-state index in [0.717, 1.165) is 21.6 Å². The number of halogens is 1. The summed E-state index contributed by atoms with van der Waals surface area (Å²) in [4.78, 5) is 27.2. The summed E-state index contributed by atoms with van der Waals surface area (Å²) in [6.07, 6.45) is -2.54. The predicted octanol–water partition coefficient (Wildman–Crippen LogP) is 6.43. The Bertz CT molecular complexity index is 1980. The first-order valence-corrected chi connectivity index (χ1v) is 18.6. The molecule has 0 fully saturated rings. The molecule has 1 unspecified atom stereocenters. The van der Waals surface area contributed by atoms with Gasteiger partial charge in [-0.2, -0.15) is 0 Å². The first-order chi connectivity index (χ1) is 25.7. The number of hydrogen-bond donors (Lipinski definition) is 4. The van der Waals surface area contributed by atoms with Crippen LogP contribution in [0.2, 0.25) is 0 Å². The van der Waals surface area contributed by atoms with Crippen molar-refractivity contribution in [3.8, 4) is 0 Å². The first-order valence-electron chi connectivity index (χ1n) is 17.2. The van der Waals surface area contributed by atoms with Gasteiger partial charge in [-0.1, -0.05) is 115 Å². The quantitative estimate of drug-likeness (QED) is 0.0811. The molecule has 0 aliphatic heterocycles. The Morgan fingerprint density at radius 2 is 1.34 bits per heavy atom. The molecule has 5 rings (SSSR count). The van der Waals surface area contributed by atoms with Gasteiger partial charge in [-0.3, -0.25) is 4.79 Å². The Morgan fingerprint density at radius 1 is 0.774 bits per heavy atom. The number of amides is 2. The van der Waals surface area contributed by atoms with E-state index in [-0.39, 0.29) is 48.7 Å². The van der Waals surface area contributed by atoms with Crippen molar-refractivity contribution in [3.63, 3.8) is 0 Å². The molecule has 10 nitrogen and oxygen atoms in total. The Balaban J connectivity index is 1.45. The second-order valence-electron chi connectivity index (χ2n) is 12.4. The molecule has 53 heavy (non-hydrogen) atoms. The molecule has 5 aromatic rings. The van der Waals surface area contributed by atoms with E-state index in [9.17, 15) is 28.2 Å². The average Bonchev–Trinajstić information content (AvgIpc) is 3.17. The SMILES string of the molecule is O=C(Nc1cccc(F)c1CC[C@H](CN(CCO)C(=O)O)NS(=O)(=O)c1ccccc1)C(OCc1ccccc1)C(c1ccccc1)c1ccccc1. The molecule has 0 spiro atoms. The molecule has 0 saturated heterocycles. The van der Waals surface area contributed by atoms with Crippen LogP contribution in [0.15, 0.2) is 144 Å². The molecule has 0 bridgehead atoms. The molecule has 0 saturated carbocycles. The van der Waals surface area contributed by atoms with Crippen molar-refractivity contribution < 1.29 is 37.3 Å². The normalized spacial score (nSPS) is 12.6. The predicted molar refractivity (Wildman–Crippen MR) is 200 cm³/mol. The van der Waals surface area contributed by atoms with Gasteiger partial charge in [0, 0.05) is 36.3 Å². The van der Waals surface area contributed by atoms with Crippen molar-refractivity contribution in [2.24, 2.45) is 0 Å². The maximum absolute atomic E-state index is 15.7. The van der Waals surface area contributed by atoms with E-state index < -0.39 is 52.5 Å². The highest BCUT2D eigenvalue weighted by molar-refractivity contribution is 7.89. The number of anilines is 1. The van der Waals surface area contributed by atoms with Crippen LogP contribution in [0.1, 0.15) is 34.6 Å². The van der Waals surface area contributed by atoms with E-state index >= 15 is 4.39 Å². The van der Waals surface area contributed by atoms with E-state index in [1.807, 2.05) is 91.0 Å². The topological polar surface area (TPSA) is 145 Å². The summed E-state index contributed by atoms with van der Waals surface area (Å²) in [6, 6.07) is 39.3. The van der Waals surface area contributed by atoms with Crippen LogP contribution in [0, 0.1) is 5.82 Å². The first kappa shape index (κ1) is 38.8. The number of nitrogens with one attached hydrogen (secondary N) is 2. The highest BCUT2D eigenvalue weighted by atomic mass is 32.2. The van der Waals surface area contributed by atoms with Gasteiger partial charge in [0.2, 0.25) is 10.0 Å². The van der Waals surface area contributed by atoms with Crippen LogP contribution in [0.3, 0.4) is 0 Å². The smallest absolute Gasteiger partial charge is 0.407 e. The third-order valence-corrected chi connectivity index (χ3v) is 10.3. The zero-order valence-electron chi connectivity index (χ0n) is 28.9. The fourth-order valence-corrected chi connectivity index (χ4v) is 7.41. The molecular formula is C41H42FN3O7S. The third kappa shape index (κ3) is 10.8. The molecule has 276 valence electrons. The number of nitrogens with zero attached hydrogens (tertiary/aromatic N) is 1. The van der Waals surface area contributed by atoms with Crippen LogP contribution < -0.4 is 10.0 Å². The minimum atomic E-state index is -4.10. The van der Waals surface area contributed by atoms with Crippen LogP contribution in [0.25, 0.3) is 0 Å². The van der Waals surface area contributed by atoms with Crippen LogP contribution in [-0.2, 0) is 32.6 Å². The maximum Gasteiger partial charge on any atom is 0.407 e. The van der Waals surface area contributed by atoms with Crippen LogP contribution in [-0.4, -0.2) is 67.4 Å². The Labute approximate surface area is 308 Å². The van der Waals surface area contributed by atoms with Crippen LogP contribution >= 0.6 is 0 Å². The number of ether oxygens (including phenoxy) is 1. The number of carbonyl (C=O) groups excluding carboxylic acids is 1. The van der Waals surface area contributed by atoms with Crippen molar-refractivity contribution in [3.05, 3.63) is 168 Å². The maximum atomic E-state index is 15.7. The van der Waals surface area contributed by atoms with E-state index in [0.29, 0.717) is 0 Å². The van der Waals surface area contributed by atoms with Gasteiger partial charge in [0.05, 0.1) is 18.1 Å². The Hall–Kier alpha value is -5.40. The lowest BCUT2D eigenvalue weighted by molar-refractivity contribution is -0.129. The van der Waals surface area contributed by atoms with E-state index in [2.05, 4.69) is 10.0 Å². The summed E-state index contributed by atoms with van der Waals surface area (Å²) >= 11 is 0. The number of benzene rings is 5. The fraction of sp³-hybridized carbons (Fsp3) is 0.220. The largest absolute Gasteiger partial charge is 0.465 e. The van der Waals surface area contributed by atoms with Crippen molar-refractivity contribution in [1.29, 1.82) is 0 Å². The number of rotatable bonds is 18. The van der Waals surface area contributed by atoms with Gasteiger partial charge < -0.3 is 25.2 Å². The van der Waals surface area contributed by atoms with Gasteiger partial charge in [0.25, 0.3) is 5.91 Å². The summed E-state index contributed by atoms with van der Waals surface area (Å²) in [7, 11) is -4.10. The van der Waals surface area contributed by atoms with Gasteiger partial charge in [-0.25, -0.2) is 22.3 Å². The molecule has 12 heteroatoms. The van der Waals surface area contributed by atoms with E-state index in [1.165, 1.54) is 24.3 Å². The number of hydrogen-bond acceptors (Lipinski definition) is 6. The standard InChI is InChI=1S/C41H42FN3O7S/c42-36-22-13-23-37(35(36)25-24-33(28-45(26-27-46)41(48)49)44-53(50,51)34-20-11-4-12-21-34)43-40(47)39(52-29-30-14-5-1-6-15-30)38(31-16-7-2-8-17-31)32-18-9-3-10-19-32/h1-23,33,38-39,44,46H,24-29H2,(H,43,47)(H,48,49)/t33-,39?/m1/s1. The molecule has 0 aliphatic rings. The number of carboxylic acid groups (broad SMARTS) is 1. The Morgan fingerprint density at radius 3 is 1.91 bits per heavy atom. The summed E-state index contributed by atoms with van der Waals surface area (Å²) in [5.41, 5.74) is 2.80. The lowest BCUT2D eigenvalue weighted by atomic mass is 9.86.